The molecule has 0 aliphatic carbocycles. The van der Waals surface area contributed by atoms with E-state index in [1.165, 1.54) is 4.88 Å². The zero-order valence-electron chi connectivity index (χ0n) is 11.8. The minimum atomic E-state index is -0.366. The van der Waals surface area contributed by atoms with Gasteiger partial charge >= 0.3 is 5.69 Å². The number of hydrogen-bond donors (Lipinski definition) is 1. The van der Waals surface area contributed by atoms with Crippen molar-refractivity contribution in [1.82, 2.24) is 9.78 Å². The highest BCUT2D eigenvalue weighted by Gasteiger charge is 2.25. The van der Waals surface area contributed by atoms with Crippen LogP contribution in [0.25, 0.3) is 0 Å². The Labute approximate surface area is 121 Å². The van der Waals surface area contributed by atoms with Crippen molar-refractivity contribution in [3.63, 3.8) is 0 Å². The smallest absolute Gasteiger partial charge is 0.333 e. The molecule has 108 valence electrons. The Morgan fingerprint density at radius 1 is 1.60 bits per heavy atom. The Kier molecular flexibility index (Phi) is 4.39. The van der Waals surface area contributed by atoms with Gasteiger partial charge in [0, 0.05) is 23.9 Å². The first kappa shape index (κ1) is 14.5. The van der Waals surface area contributed by atoms with Crippen LogP contribution in [0.4, 0.5) is 11.5 Å². The quantitative estimate of drug-likeness (QED) is 0.655. The van der Waals surface area contributed by atoms with Crippen LogP contribution in [0, 0.1) is 17.0 Å². The molecule has 20 heavy (non-hydrogen) atoms. The number of nitrogens with one attached hydrogen (secondary N) is 1. The van der Waals surface area contributed by atoms with Crippen molar-refractivity contribution in [3.05, 3.63) is 38.2 Å². The summed E-state index contributed by atoms with van der Waals surface area (Å²) in [5, 5.41) is 20.7. The molecule has 0 saturated heterocycles. The van der Waals surface area contributed by atoms with Crippen molar-refractivity contribution >= 4 is 22.8 Å². The average Bonchev–Trinajstić information content (AvgIpc) is 2.97. The van der Waals surface area contributed by atoms with Crippen molar-refractivity contribution in [2.45, 2.75) is 39.8 Å². The third kappa shape index (κ3) is 2.98. The van der Waals surface area contributed by atoms with Crippen LogP contribution in [0.3, 0.4) is 0 Å². The number of nitro groups is 1. The van der Waals surface area contributed by atoms with E-state index in [0.717, 1.165) is 6.42 Å². The lowest BCUT2D eigenvalue weighted by molar-refractivity contribution is -0.384. The summed E-state index contributed by atoms with van der Waals surface area (Å²) in [6, 6.07) is 4.18. The van der Waals surface area contributed by atoms with Gasteiger partial charge < -0.3 is 5.32 Å². The van der Waals surface area contributed by atoms with Gasteiger partial charge in [-0.3, -0.25) is 10.1 Å². The van der Waals surface area contributed by atoms with Gasteiger partial charge in [0.2, 0.25) is 5.82 Å². The Bertz CT molecular complexity index is 592. The first-order chi connectivity index (χ1) is 9.52. The number of aromatic nitrogens is 2. The second-order valence-corrected chi connectivity index (χ2v) is 5.72. The molecule has 1 N–H and O–H groups in total. The normalized spacial score (nSPS) is 12.3. The fourth-order valence-corrected chi connectivity index (χ4v) is 3.01. The summed E-state index contributed by atoms with van der Waals surface area (Å²) in [5.41, 5.74) is 0.521. The zero-order chi connectivity index (χ0) is 14.7. The SMILES string of the molecule is CCn1nc(C)c([N+](=O)[O-])c1NC(C)Cc1cccs1. The standard InChI is InChI=1S/C13H18N4O2S/c1-4-16-13(12(17(18)19)10(3)15-16)14-9(2)8-11-6-5-7-20-11/h5-7,9,14H,4,8H2,1-3H3. The first-order valence-electron chi connectivity index (χ1n) is 6.53. The van der Waals surface area contributed by atoms with Crippen LogP contribution in [-0.4, -0.2) is 20.7 Å². The molecular weight excluding hydrogens is 276 g/mol. The number of rotatable bonds is 6. The highest BCUT2D eigenvalue weighted by molar-refractivity contribution is 7.09. The Balaban J connectivity index is 2.21. The van der Waals surface area contributed by atoms with Gasteiger partial charge in [0.25, 0.3) is 0 Å². The summed E-state index contributed by atoms with van der Waals surface area (Å²) in [6.45, 7) is 6.21. The lowest BCUT2D eigenvalue weighted by Crippen LogP contribution is -2.20. The topological polar surface area (TPSA) is 73.0 Å². The largest absolute Gasteiger partial charge is 0.362 e. The van der Waals surface area contributed by atoms with Gasteiger partial charge in [-0.2, -0.15) is 5.10 Å². The second-order valence-electron chi connectivity index (χ2n) is 4.68. The molecule has 0 aromatic carbocycles. The Morgan fingerprint density at radius 2 is 2.35 bits per heavy atom. The molecule has 1 atom stereocenters. The molecular formula is C13H18N4O2S. The van der Waals surface area contributed by atoms with Gasteiger partial charge in [0.1, 0.15) is 5.69 Å². The van der Waals surface area contributed by atoms with Gasteiger partial charge in [0.05, 0.1) is 4.92 Å². The minimum Gasteiger partial charge on any atom is -0.362 e. The molecule has 0 bridgehead atoms. The predicted molar refractivity (Wildman–Crippen MR) is 80.4 cm³/mol. The molecule has 0 aliphatic rings. The van der Waals surface area contributed by atoms with Crippen molar-refractivity contribution in [2.24, 2.45) is 0 Å². The first-order valence-corrected chi connectivity index (χ1v) is 7.41. The number of aryl methyl sites for hydroxylation is 2. The van der Waals surface area contributed by atoms with E-state index in [-0.39, 0.29) is 16.7 Å². The van der Waals surface area contributed by atoms with Gasteiger partial charge in [0.15, 0.2) is 0 Å². The Hall–Kier alpha value is -1.89. The molecule has 0 radical (unpaired) electrons. The monoisotopic (exact) mass is 294 g/mol. The fourth-order valence-electron chi connectivity index (χ4n) is 2.18. The maximum atomic E-state index is 11.2. The molecule has 0 amide bonds. The summed E-state index contributed by atoms with van der Waals surface area (Å²) >= 11 is 1.69. The molecule has 2 aromatic rings. The fraction of sp³-hybridized carbons (Fsp3) is 0.462. The second kappa shape index (κ2) is 6.04. The molecule has 2 rings (SSSR count). The van der Waals surface area contributed by atoms with Gasteiger partial charge in [-0.15, -0.1) is 11.3 Å². The maximum Gasteiger partial charge on any atom is 0.333 e. The van der Waals surface area contributed by atoms with E-state index in [9.17, 15) is 10.1 Å². The maximum absolute atomic E-state index is 11.2. The van der Waals surface area contributed by atoms with Crippen LogP contribution in [-0.2, 0) is 13.0 Å². The van der Waals surface area contributed by atoms with Crippen molar-refractivity contribution in [1.29, 1.82) is 0 Å². The van der Waals surface area contributed by atoms with Gasteiger partial charge in [-0.25, -0.2) is 4.68 Å². The molecule has 0 aliphatic heterocycles. The van der Waals surface area contributed by atoms with E-state index in [4.69, 9.17) is 0 Å². The number of nitrogens with zero attached hydrogens (tertiary/aromatic N) is 3. The van der Waals surface area contributed by atoms with E-state index in [1.807, 2.05) is 25.3 Å². The van der Waals surface area contributed by atoms with Crippen molar-refractivity contribution in [2.75, 3.05) is 5.32 Å². The lowest BCUT2D eigenvalue weighted by Gasteiger charge is -2.14. The summed E-state index contributed by atoms with van der Waals surface area (Å²) in [4.78, 5) is 12.1. The van der Waals surface area contributed by atoms with Crippen LogP contribution in [0.15, 0.2) is 17.5 Å². The van der Waals surface area contributed by atoms with E-state index >= 15 is 0 Å². The predicted octanol–water partition coefficient (Wildman–Crippen LogP) is 3.22. The average molecular weight is 294 g/mol. The molecule has 0 saturated carbocycles. The zero-order valence-corrected chi connectivity index (χ0v) is 12.6. The number of thiophene rings is 1. The van der Waals surface area contributed by atoms with Crippen LogP contribution in [0.2, 0.25) is 0 Å². The van der Waals surface area contributed by atoms with Gasteiger partial charge in [-0.05, 0) is 32.2 Å². The third-order valence-corrected chi connectivity index (χ3v) is 3.95. The minimum absolute atomic E-state index is 0.0740. The van der Waals surface area contributed by atoms with E-state index in [2.05, 4.69) is 16.5 Å². The van der Waals surface area contributed by atoms with E-state index in [1.54, 1.807) is 22.9 Å². The highest BCUT2D eigenvalue weighted by atomic mass is 32.1. The van der Waals surface area contributed by atoms with Crippen LogP contribution in [0.5, 0.6) is 0 Å². The lowest BCUT2D eigenvalue weighted by atomic mass is 10.2. The van der Waals surface area contributed by atoms with E-state index in [0.29, 0.717) is 18.1 Å². The molecule has 2 heterocycles. The van der Waals surface area contributed by atoms with E-state index < -0.39 is 0 Å². The third-order valence-electron chi connectivity index (χ3n) is 3.05. The van der Waals surface area contributed by atoms with Crippen LogP contribution < -0.4 is 5.32 Å². The Morgan fingerprint density at radius 3 is 2.90 bits per heavy atom. The summed E-state index contributed by atoms with van der Waals surface area (Å²) in [6.07, 6.45) is 0.836. The molecule has 7 heteroatoms. The number of hydrogen-bond acceptors (Lipinski definition) is 5. The van der Waals surface area contributed by atoms with Crippen LogP contribution in [0.1, 0.15) is 24.4 Å². The van der Waals surface area contributed by atoms with Gasteiger partial charge in [-0.1, -0.05) is 6.07 Å². The van der Waals surface area contributed by atoms with Crippen molar-refractivity contribution in [3.8, 4) is 0 Å². The summed E-state index contributed by atoms with van der Waals surface area (Å²) in [5.74, 6) is 0.499. The highest BCUT2D eigenvalue weighted by Crippen LogP contribution is 2.29. The molecule has 0 fully saturated rings. The van der Waals surface area contributed by atoms with Crippen molar-refractivity contribution < 1.29 is 4.92 Å². The molecule has 2 aromatic heterocycles. The summed E-state index contributed by atoms with van der Waals surface area (Å²) in [7, 11) is 0. The van der Waals surface area contributed by atoms with Crippen LogP contribution >= 0.6 is 11.3 Å². The molecule has 1 unspecified atom stereocenters. The summed E-state index contributed by atoms with van der Waals surface area (Å²) < 4.78 is 1.65. The number of anilines is 1. The molecule has 0 spiro atoms. The molecule has 6 nitrogen and oxygen atoms in total.